The van der Waals surface area contributed by atoms with Gasteiger partial charge in [0.1, 0.15) is 5.82 Å². The Morgan fingerprint density at radius 3 is 3.00 bits per heavy atom. The van der Waals surface area contributed by atoms with E-state index in [0.29, 0.717) is 17.7 Å². The van der Waals surface area contributed by atoms with Crippen molar-refractivity contribution in [2.24, 2.45) is 0 Å². The molecule has 0 spiro atoms. The molecule has 0 radical (unpaired) electrons. The van der Waals surface area contributed by atoms with E-state index in [2.05, 4.69) is 10.6 Å². The van der Waals surface area contributed by atoms with Crippen molar-refractivity contribution in [2.75, 3.05) is 18.1 Å². The van der Waals surface area contributed by atoms with Gasteiger partial charge in [-0.2, -0.15) is 11.8 Å². The van der Waals surface area contributed by atoms with Crippen molar-refractivity contribution in [1.82, 2.24) is 10.6 Å². The number of thioether (sulfide) groups is 1. The summed E-state index contributed by atoms with van der Waals surface area (Å²) in [5.74, 6) is 1.12. The normalized spacial score (nSPS) is 22.9. The van der Waals surface area contributed by atoms with Gasteiger partial charge in [0.25, 0.3) is 0 Å². The molecule has 0 aliphatic carbocycles. The fourth-order valence-corrected chi connectivity index (χ4v) is 3.78. The second kappa shape index (κ2) is 6.85. The summed E-state index contributed by atoms with van der Waals surface area (Å²) in [5.41, 5.74) is -0.179. The van der Waals surface area contributed by atoms with E-state index >= 15 is 0 Å². The molecule has 4 nitrogen and oxygen atoms in total. The number of rotatable bonds is 4. The molecule has 0 saturated carbocycles. The Balaban J connectivity index is 1.87. The molecule has 1 heterocycles. The lowest BCUT2D eigenvalue weighted by Crippen LogP contribution is -2.46. The monoisotopic (exact) mass is 332 g/mol. The van der Waals surface area contributed by atoms with Gasteiger partial charge in [0.2, 0.25) is 0 Å². The van der Waals surface area contributed by atoms with Gasteiger partial charge in [0, 0.05) is 17.3 Å². The van der Waals surface area contributed by atoms with E-state index in [0.717, 1.165) is 5.75 Å². The molecule has 1 aromatic carbocycles. The average molecular weight is 333 g/mol. The molecule has 2 atom stereocenters. The molecule has 116 valence electrons. The molecule has 3 N–H and O–H groups in total. The highest BCUT2D eigenvalue weighted by Gasteiger charge is 2.32. The first-order valence-electron chi connectivity index (χ1n) is 6.69. The number of carbonyl (C=O) groups excluding carboxylic acids is 1. The minimum Gasteiger partial charge on any atom is -0.387 e. The van der Waals surface area contributed by atoms with Crippen LogP contribution in [0, 0.1) is 5.82 Å². The minimum absolute atomic E-state index is 0.218. The van der Waals surface area contributed by atoms with E-state index in [-0.39, 0.29) is 23.6 Å². The van der Waals surface area contributed by atoms with Crippen LogP contribution in [0.4, 0.5) is 9.18 Å². The summed E-state index contributed by atoms with van der Waals surface area (Å²) < 4.78 is 13.0. The Kier molecular flexibility index (Phi) is 5.35. The van der Waals surface area contributed by atoms with E-state index in [4.69, 9.17) is 11.6 Å². The van der Waals surface area contributed by atoms with Gasteiger partial charge in [-0.05, 0) is 36.8 Å². The lowest BCUT2D eigenvalue weighted by Gasteiger charge is -2.23. The third-order valence-corrected chi connectivity index (χ3v) is 5.00. The van der Waals surface area contributed by atoms with Crippen molar-refractivity contribution in [3.63, 3.8) is 0 Å². The summed E-state index contributed by atoms with van der Waals surface area (Å²) in [4.78, 5) is 11.8. The van der Waals surface area contributed by atoms with Gasteiger partial charge in [-0.1, -0.05) is 17.7 Å². The molecule has 1 saturated heterocycles. The third kappa shape index (κ3) is 4.49. The topological polar surface area (TPSA) is 61.4 Å². The molecule has 2 amide bonds. The van der Waals surface area contributed by atoms with Gasteiger partial charge in [-0.3, -0.25) is 0 Å². The zero-order valence-electron chi connectivity index (χ0n) is 11.7. The van der Waals surface area contributed by atoms with Crippen LogP contribution in [0.3, 0.4) is 0 Å². The maximum atomic E-state index is 13.0. The highest BCUT2D eigenvalue weighted by Crippen LogP contribution is 2.27. The van der Waals surface area contributed by atoms with Crippen molar-refractivity contribution in [2.45, 2.75) is 25.0 Å². The first-order chi connectivity index (χ1) is 9.89. The van der Waals surface area contributed by atoms with E-state index in [1.165, 1.54) is 12.1 Å². The minimum atomic E-state index is -0.821. The van der Waals surface area contributed by atoms with E-state index in [9.17, 15) is 14.3 Å². The van der Waals surface area contributed by atoms with Gasteiger partial charge in [-0.15, -0.1) is 0 Å². The molecular weight excluding hydrogens is 315 g/mol. The fourth-order valence-electron chi connectivity index (χ4n) is 2.16. The number of amides is 2. The first-order valence-corrected chi connectivity index (χ1v) is 8.22. The third-order valence-electron chi connectivity index (χ3n) is 3.44. The number of aliphatic hydroxyl groups is 1. The van der Waals surface area contributed by atoms with Crippen LogP contribution in [-0.4, -0.2) is 34.8 Å². The number of carbonyl (C=O) groups is 1. The van der Waals surface area contributed by atoms with Crippen molar-refractivity contribution in [1.29, 1.82) is 0 Å². The Labute approximate surface area is 132 Å². The molecule has 7 heteroatoms. The number of halogens is 2. The Bertz CT molecular complexity index is 524. The summed E-state index contributed by atoms with van der Waals surface area (Å²) in [6.07, 6.45) is 0.678. The van der Waals surface area contributed by atoms with Crippen LogP contribution in [0.5, 0.6) is 0 Å². The van der Waals surface area contributed by atoms with Gasteiger partial charge >= 0.3 is 6.03 Å². The molecular formula is C14H18ClFN2O2S. The zero-order chi connectivity index (χ0) is 15.5. The molecule has 1 aliphatic rings. The van der Waals surface area contributed by atoms with Gasteiger partial charge in [-0.25, -0.2) is 9.18 Å². The quantitative estimate of drug-likeness (QED) is 0.794. The van der Waals surface area contributed by atoms with E-state index < -0.39 is 11.4 Å². The SMILES string of the molecule is CC(NC(=O)NCC1(O)CCSC1)c1ccc(F)cc1Cl. The second-order valence-corrected chi connectivity index (χ2v) is 6.75. The zero-order valence-corrected chi connectivity index (χ0v) is 13.2. The van der Waals surface area contributed by atoms with Crippen LogP contribution >= 0.6 is 23.4 Å². The summed E-state index contributed by atoms with van der Waals surface area (Å²) in [6.45, 7) is 1.98. The average Bonchev–Trinajstić information content (AvgIpc) is 2.84. The lowest BCUT2D eigenvalue weighted by molar-refractivity contribution is 0.0699. The maximum Gasteiger partial charge on any atom is 0.315 e. The molecule has 0 aromatic heterocycles. The molecule has 0 bridgehead atoms. The standard InChI is InChI=1S/C14H18ClFN2O2S/c1-9(11-3-2-10(16)6-12(11)15)18-13(19)17-7-14(20)4-5-21-8-14/h2-3,6,9,20H,4-5,7-8H2,1H3,(H2,17,18,19). The molecule has 2 unspecified atom stereocenters. The van der Waals surface area contributed by atoms with Crippen LogP contribution in [0.25, 0.3) is 0 Å². The van der Waals surface area contributed by atoms with Crippen LogP contribution in [-0.2, 0) is 0 Å². The van der Waals surface area contributed by atoms with Crippen molar-refractivity contribution in [3.8, 4) is 0 Å². The highest BCUT2D eigenvalue weighted by atomic mass is 35.5. The summed E-state index contributed by atoms with van der Waals surface area (Å²) in [6, 6.07) is 3.32. The van der Waals surface area contributed by atoms with Gasteiger partial charge < -0.3 is 15.7 Å². The maximum absolute atomic E-state index is 13.0. The van der Waals surface area contributed by atoms with Crippen molar-refractivity contribution < 1.29 is 14.3 Å². The second-order valence-electron chi connectivity index (χ2n) is 5.24. The number of urea groups is 1. The van der Waals surface area contributed by atoms with E-state index in [1.54, 1.807) is 24.8 Å². The fraction of sp³-hybridized carbons (Fsp3) is 0.500. The number of hydrogen-bond acceptors (Lipinski definition) is 3. The largest absolute Gasteiger partial charge is 0.387 e. The van der Waals surface area contributed by atoms with Crippen LogP contribution in [0.2, 0.25) is 5.02 Å². The van der Waals surface area contributed by atoms with Crippen molar-refractivity contribution in [3.05, 3.63) is 34.6 Å². The Hall–Kier alpha value is -0.980. The summed E-state index contributed by atoms with van der Waals surface area (Å²) in [7, 11) is 0. The number of hydrogen-bond donors (Lipinski definition) is 3. The van der Waals surface area contributed by atoms with Gasteiger partial charge in [0.15, 0.2) is 0 Å². The van der Waals surface area contributed by atoms with E-state index in [1.807, 2.05) is 0 Å². The summed E-state index contributed by atoms with van der Waals surface area (Å²) in [5, 5.41) is 15.8. The molecule has 21 heavy (non-hydrogen) atoms. The van der Waals surface area contributed by atoms with Crippen LogP contribution in [0.1, 0.15) is 24.9 Å². The Morgan fingerprint density at radius 2 is 2.38 bits per heavy atom. The smallest absolute Gasteiger partial charge is 0.315 e. The highest BCUT2D eigenvalue weighted by molar-refractivity contribution is 7.99. The summed E-state index contributed by atoms with van der Waals surface area (Å²) >= 11 is 7.63. The van der Waals surface area contributed by atoms with Crippen LogP contribution < -0.4 is 10.6 Å². The number of nitrogens with one attached hydrogen (secondary N) is 2. The van der Waals surface area contributed by atoms with Crippen LogP contribution in [0.15, 0.2) is 18.2 Å². The predicted octanol–water partition coefficient (Wildman–Crippen LogP) is 2.71. The first kappa shape index (κ1) is 16.4. The lowest BCUT2D eigenvalue weighted by atomic mass is 10.0. The van der Waals surface area contributed by atoms with Crippen molar-refractivity contribution >= 4 is 29.4 Å². The molecule has 1 aromatic rings. The Morgan fingerprint density at radius 1 is 1.62 bits per heavy atom. The predicted molar refractivity (Wildman–Crippen MR) is 83.3 cm³/mol. The number of benzene rings is 1. The molecule has 2 rings (SSSR count). The van der Waals surface area contributed by atoms with Gasteiger partial charge in [0.05, 0.1) is 11.6 Å². The molecule has 1 aliphatic heterocycles. The molecule has 1 fully saturated rings.